The highest BCUT2D eigenvalue weighted by Gasteiger charge is 1.92. The van der Waals surface area contributed by atoms with Gasteiger partial charge in [-0.1, -0.05) is 56.1 Å². The molecule has 0 N–H and O–H groups in total. The van der Waals surface area contributed by atoms with Crippen LogP contribution in [0.2, 0.25) is 0 Å². The molecule has 0 heterocycles. The lowest BCUT2D eigenvalue weighted by Gasteiger charge is -2.03. The first-order chi connectivity index (χ1) is 7.43. The maximum atomic E-state index is 5.55. The summed E-state index contributed by atoms with van der Waals surface area (Å²) in [4.78, 5) is 1.28. The molecule has 0 amide bonds. The largest absolute Gasteiger partial charge is 0.370 e. The van der Waals surface area contributed by atoms with Crippen molar-refractivity contribution in [3.8, 4) is 0 Å². The van der Waals surface area contributed by atoms with E-state index in [1.54, 1.807) is 11.8 Å². The van der Waals surface area contributed by atoms with Gasteiger partial charge in [-0.2, -0.15) is 0 Å². The van der Waals surface area contributed by atoms with Crippen molar-refractivity contribution in [2.75, 3.05) is 12.5 Å². The van der Waals surface area contributed by atoms with Gasteiger partial charge in [-0.05, 0) is 18.6 Å². The predicted molar refractivity (Wildman–Crippen MR) is 67.3 cm³/mol. The molecule has 84 valence electrons. The van der Waals surface area contributed by atoms with Crippen LogP contribution in [0.15, 0.2) is 35.2 Å². The number of rotatable bonds is 8. The second-order valence-electron chi connectivity index (χ2n) is 3.54. The minimum Gasteiger partial charge on any atom is -0.370 e. The van der Waals surface area contributed by atoms with Crippen LogP contribution in [0.1, 0.15) is 32.6 Å². The van der Waals surface area contributed by atoms with Gasteiger partial charge in [0, 0.05) is 11.5 Å². The number of unbranched alkanes of at least 4 members (excludes halogenated alkanes) is 3. The van der Waals surface area contributed by atoms with E-state index in [4.69, 9.17) is 4.74 Å². The molecule has 0 saturated carbocycles. The van der Waals surface area contributed by atoms with Crippen molar-refractivity contribution in [1.82, 2.24) is 0 Å². The highest BCUT2D eigenvalue weighted by Crippen LogP contribution is 2.16. The monoisotopic (exact) mass is 224 g/mol. The molecule has 0 aromatic heterocycles. The first-order valence-electron chi connectivity index (χ1n) is 5.69. The van der Waals surface area contributed by atoms with Crippen LogP contribution in [-0.4, -0.2) is 12.5 Å². The lowest BCUT2D eigenvalue weighted by Crippen LogP contribution is -1.93. The molecule has 0 unspecified atom stereocenters. The van der Waals surface area contributed by atoms with Gasteiger partial charge >= 0.3 is 0 Å². The van der Waals surface area contributed by atoms with Crippen LogP contribution in [0.4, 0.5) is 0 Å². The highest BCUT2D eigenvalue weighted by molar-refractivity contribution is 7.99. The van der Waals surface area contributed by atoms with Crippen LogP contribution < -0.4 is 0 Å². The SMILES string of the molecule is CCCCCCOCSc1ccccc1. The van der Waals surface area contributed by atoms with Crippen molar-refractivity contribution in [3.63, 3.8) is 0 Å². The number of ether oxygens (including phenoxy) is 1. The van der Waals surface area contributed by atoms with Crippen LogP contribution in [0.25, 0.3) is 0 Å². The number of hydrogen-bond acceptors (Lipinski definition) is 2. The number of hydrogen-bond donors (Lipinski definition) is 0. The highest BCUT2D eigenvalue weighted by atomic mass is 32.2. The first kappa shape index (κ1) is 12.6. The fourth-order valence-corrected chi connectivity index (χ4v) is 2.00. The van der Waals surface area contributed by atoms with E-state index in [0.717, 1.165) is 12.5 Å². The molecule has 0 radical (unpaired) electrons. The number of benzene rings is 1. The summed E-state index contributed by atoms with van der Waals surface area (Å²) in [5.41, 5.74) is 0. The van der Waals surface area contributed by atoms with Crippen LogP contribution in [-0.2, 0) is 4.74 Å². The summed E-state index contributed by atoms with van der Waals surface area (Å²) in [6.07, 6.45) is 5.11. The van der Waals surface area contributed by atoms with E-state index in [-0.39, 0.29) is 0 Å². The Hall–Kier alpha value is -0.470. The number of thioether (sulfide) groups is 1. The fourth-order valence-electron chi connectivity index (χ4n) is 1.32. The predicted octanol–water partition coefficient (Wildman–Crippen LogP) is 4.33. The van der Waals surface area contributed by atoms with Crippen LogP contribution in [0.3, 0.4) is 0 Å². The van der Waals surface area contributed by atoms with Gasteiger partial charge in [-0.25, -0.2) is 0 Å². The van der Waals surface area contributed by atoms with E-state index in [1.807, 2.05) is 6.07 Å². The van der Waals surface area contributed by atoms with E-state index in [2.05, 4.69) is 31.2 Å². The summed E-state index contributed by atoms with van der Waals surface area (Å²) in [6, 6.07) is 10.4. The fraction of sp³-hybridized carbons (Fsp3) is 0.538. The van der Waals surface area contributed by atoms with E-state index in [9.17, 15) is 0 Å². The molecule has 0 aliphatic heterocycles. The van der Waals surface area contributed by atoms with Crippen molar-refractivity contribution in [3.05, 3.63) is 30.3 Å². The van der Waals surface area contributed by atoms with Crippen molar-refractivity contribution >= 4 is 11.8 Å². The molecule has 0 fully saturated rings. The van der Waals surface area contributed by atoms with E-state index < -0.39 is 0 Å². The molecule has 0 aliphatic carbocycles. The topological polar surface area (TPSA) is 9.23 Å². The first-order valence-corrected chi connectivity index (χ1v) is 6.67. The average molecular weight is 224 g/mol. The van der Waals surface area contributed by atoms with Crippen LogP contribution in [0, 0.1) is 0 Å². The molecule has 0 aliphatic rings. The smallest absolute Gasteiger partial charge is 0.0966 e. The Morgan fingerprint density at radius 1 is 1.07 bits per heavy atom. The van der Waals surface area contributed by atoms with E-state index in [1.165, 1.54) is 30.6 Å². The van der Waals surface area contributed by atoms with Crippen molar-refractivity contribution in [2.45, 2.75) is 37.5 Å². The molecular weight excluding hydrogens is 204 g/mol. The third-order valence-electron chi connectivity index (χ3n) is 2.19. The molecule has 15 heavy (non-hydrogen) atoms. The van der Waals surface area contributed by atoms with Gasteiger partial charge in [0.2, 0.25) is 0 Å². The van der Waals surface area contributed by atoms with Gasteiger partial charge in [0.15, 0.2) is 0 Å². The summed E-state index contributed by atoms with van der Waals surface area (Å²) in [7, 11) is 0. The molecule has 1 aromatic carbocycles. The Kier molecular flexibility index (Phi) is 7.40. The Balaban J connectivity index is 1.93. The second kappa shape index (κ2) is 8.81. The Morgan fingerprint density at radius 2 is 1.87 bits per heavy atom. The third-order valence-corrected chi connectivity index (χ3v) is 3.08. The molecule has 1 aromatic rings. The van der Waals surface area contributed by atoms with Gasteiger partial charge < -0.3 is 4.74 Å². The average Bonchev–Trinajstić information content (AvgIpc) is 2.29. The van der Waals surface area contributed by atoms with Crippen molar-refractivity contribution in [1.29, 1.82) is 0 Å². The summed E-state index contributed by atoms with van der Waals surface area (Å²) in [5, 5.41) is 0. The molecule has 1 rings (SSSR count). The lowest BCUT2D eigenvalue weighted by atomic mass is 10.2. The van der Waals surface area contributed by atoms with E-state index >= 15 is 0 Å². The standard InChI is InChI=1S/C13H20OS/c1-2-3-4-8-11-14-12-15-13-9-6-5-7-10-13/h5-7,9-10H,2-4,8,11-12H2,1H3. The zero-order valence-electron chi connectivity index (χ0n) is 9.45. The van der Waals surface area contributed by atoms with Crippen LogP contribution in [0.5, 0.6) is 0 Å². The maximum Gasteiger partial charge on any atom is 0.0966 e. The molecule has 0 atom stereocenters. The molecule has 0 saturated heterocycles. The Morgan fingerprint density at radius 3 is 2.60 bits per heavy atom. The maximum absolute atomic E-state index is 5.55. The molecule has 0 spiro atoms. The van der Waals surface area contributed by atoms with Gasteiger partial charge in [0.1, 0.15) is 0 Å². The van der Waals surface area contributed by atoms with E-state index in [0.29, 0.717) is 0 Å². The van der Waals surface area contributed by atoms with Crippen LogP contribution >= 0.6 is 11.8 Å². The molecular formula is C13H20OS. The summed E-state index contributed by atoms with van der Waals surface area (Å²) < 4.78 is 5.55. The normalized spacial score (nSPS) is 10.5. The quantitative estimate of drug-likeness (QED) is 0.369. The Labute approximate surface area is 97.2 Å². The molecule has 2 heteroatoms. The summed E-state index contributed by atoms with van der Waals surface area (Å²) in [6.45, 7) is 3.13. The van der Waals surface area contributed by atoms with Gasteiger partial charge in [0.05, 0.1) is 5.94 Å². The second-order valence-corrected chi connectivity index (χ2v) is 4.54. The summed E-state index contributed by atoms with van der Waals surface area (Å²) in [5.74, 6) is 0.774. The summed E-state index contributed by atoms with van der Waals surface area (Å²) >= 11 is 1.76. The van der Waals surface area contributed by atoms with Gasteiger partial charge in [-0.3, -0.25) is 0 Å². The van der Waals surface area contributed by atoms with Crippen molar-refractivity contribution in [2.24, 2.45) is 0 Å². The lowest BCUT2D eigenvalue weighted by molar-refractivity contribution is 0.177. The molecule has 1 nitrogen and oxygen atoms in total. The zero-order chi connectivity index (χ0) is 10.8. The minimum absolute atomic E-state index is 0.774. The zero-order valence-corrected chi connectivity index (χ0v) is 10.3. The molecule has 0 bridgehead atoms. The van der Waals surface area contributed by atoms with Crippen molar-refractivity contribution < 1.29 is 4.74 Å². The third kappa shape index (κ3) is 6.58. The van der Waals surface area contributed by atoms with Gasteiger partial charge in [-0.15, -0.1) is 0 Å². The minimum atomic E-state index is 0.774. The Bertz CT molecular complexity index is 236. The van der Waals surface area contributed by atoms with Gasteiger partial charge in [0.25, 0.3) is 0 Å².